The number of rotatable bonds is 6. The molecular weight excluding hydrogens is 405 g/mol. The van der Waals surface area contributed by atoms with Gasteiger partial charge in [-0.05, 0) is 41.8 Å². The van der Waals surface area contributed by atoms with Crippen LogP contribution in [0.4, 0.5) is 0 Å². The van der Waals surface area contributed by atoms with E-state index in [9.17, 15) is 4.79 Å². The predicted octanol–water partition coefficient (Wildman–Crippen LogP) is 4.56. The molecule has 4 nitrogen and oxygen atoms in total. The van der Waals surface area contributed by atoms with E-state index >= 15 is 0 Å². The summed E-state index contributed by atoms with van der Waals surface area (Å²) in [5, 5.41) is 4.12. The van der Waals surface area contributed by atoms with Crippen LogP contribution in [0.3, 0.4) is 0 Å². The van der Waals surface area contributed by atoms with Crippen LogP contribution < -0.4 is 5.32 Å². The van der Waals surface area contributed by atoms with Crippen molar-refractivity contribution in [2.75, 3.05) is 19.6 Å². The van der Waals surface area contributed by atoms with E-state index in [1.165, 1.54) is 5.56 Å². The highest BCUT2D eigenvalue weighted by Gasteiger charge is 2.30. The summed E-state index contributed by atoms with van der Waals surface area (Å²) in [6.45, 7) is 2.62. The van der Waals surface area contributed by atoms with Crippen molar-refractivity contribution >= 4 is 29.1 Å². The van der Waals surface area contributed by atoms with Crippen molar-refractivity contribution in [3.8, 4) is 0 Å². The highest BCUT2D eigenvalue weighted by molar-refractivity contribution is 6.42. The molecule has 4 rings (SSSR count). The van der Waals surface area contributed by atoms with Gasteiger partial charge in [-0.1, -0.05) is 59.6 Å². The summed E-state index contributed by atoms with van der Waals surface area (Å²) in [5.74, 6) is 0.0333. The second-order valence-corrected chi connectivity index (χ2v) is 8.07. The fraction of sp³-hybridized carbons (Fsp3) is 0.261. The average molecular weight is 428 g/mol. The Hall–Kier alpha value is -2.27. The molecule has 1 aliphatic rings. The van der Waals surface area contributed by atoms with Gasteiger partial charge in [-0.3, -0.25) is 9.69 Å². The molecule has 0 aliphatic carbocycles. The summed E-state index contributed by atoms with van der Waals surface area (Å²) in [4.78, 5) is 14.8. The smallest absolute Gasteiger partial charge is 0.234 e. The number of hydrogen-bond donors (Lipinski definition) is 1. The fourth-order valence-electron chi connectivity index (χ4n) is 3.90. The number of carbonyl (C=O) groups is 1. The molecule has 150 valence electrons. The molecule has 1 unspecified atom stereocenters. The van der Waals surface area contributed by atoms with Crippen molar-refractivity contribution < 1.29 is 4.79 Å². The van der Waals surface area contributed by atoms with Crippen LogP contribution in [0.5, 0.6) is 0 Å². The first-order valence-corrected chi connectivity index (χ1v) is 10.5. The van der Waals surface area contributed by atoms with E-state index < -0.39 is 0 Å². The molecule has 2 heterocycles. The molecule has 0 saturated carbocycles. The number of aromatic nitrogens is 1. The van der Waals surface area contributed by atoms with Gasteiger partial charge in [-0.2, -0.15) is 0 Å². The van der Waals surface area contributed by atoms with E-state index in [1.807, 2.05) is 42.5 Å². The molecule has 6 heteroatoms. The summed E-state index contributed by atoms with van der Waals surface area (Å²) in [6.07, 6.45) is 2.91. The zero-order valence-corrected chi connectivity index (χ0v) is 17.5. The number of halogens is 2. The van der Waals surface area contributed by atoms with Gasteiger partial charge in [0.2, 0.25) is 5.91 Å². The number of fused-ring (bicyclic) bond motifs is 1. The first-order valence-electron chi connectivity index (χ1n) is 9.76. The minimum absolute atomic E-state index is 0.0333. The van der Waals surface area contributed by atoms with E-state index in [0.717, 1.165) is 30.8 Å². The van der Waals surface area contributed by atoms with E-state index in [2.05, 4.69) is 39.2 Å². The molecule has 1 atom stereocenters. The maximum absolute atomic E-state index is 12.6. The number of carbonyl (C=O) groups excluding carboxylic acids is 1. The largest absolute Gasteiger partial charge is 0.355 e. The first-order chi connectivity index (χ1) is 14.1. The predicted molar refractivity (Wildman–Crippen MR) is 117 cm³/mol. The monoisotopic (exact) mass is 427 g/mol. The Morgan fingerprint density at radius 1 is 1.00 bits per heavy atom. The van der Waals surface area contributed by atoms with Gasteiger partial charge in [0.05, 0.1) is 22.6 Å². The van der Waals surface area contributed by atoms with Crippen LogP contribution in [0.25, 0.3) is 0 Å². The third-order valence-corrected chi connectivity index (χ3v) is 6.06. The Morgan fingerprint density at radius 2 is 1.83 bits per heavy atom. The summed E-state index contributed by atoms with van der Waals surface area (Å²) >= 11 is 12.4. The third kappa shape index (κ3) is 4.67. The molecular formula is C23H23Cl2N3O. The molecule has 2 aromatic carbocycles. The van der Waals surface area contributed by atoms with Gasteiger partial charge in [0, 0.05) is 31.5 Å². The Kier molecular flexibility index (Phi) is 6.24. The molecule has 0 fully saturated rings. The van der Waals surface area contributed by atoms with Crippen molar-refractivity contribution in [1.82, 2.24) is 14.8 Å². The second-order valence-electron chi connectivity index (χ2n) is 7.26. The number of nitrogens with one attached hydrogen (secondary N) is 1. The van der Waals surface area contributed by atoms with Crippen molar-refractivity contribution in [3.63, 3.8) is 0 Å². The van der Waals surface area contributed by atoms with Gasteiger partial charge < -0.3 is 9.88 Å². The van der Waals surface area contributed by atoms with Crippen LogP contribution in [0, 0.1) is 0 Å². The number of benzene rings is 2. The molecule has 1 aliphatic heterocycles. The zero-order chi connectivity index (χ0) is 20.2. The number of hydrogen-bond acceptors (Lipinski definition) is 2. The summed E-state index contributed by atoms with van der Waals surface area (Å²) in [7, 11) is 0. The maximum atomic E-state index is 12.6. The van der Waals surface area contributed by atoms with Crippen molar-refractivity contribution in [3.05, 3.63) is 93.7 Å². The van der Waals surface area contributed by atoms with Gasteiger partial charge >= 0.3 is 0 Å². The van der Waals surface area contributed by atoms with E-state index in [0.29, 0.717) is 23.1 Å². The Labute approximate surface area is 181 Å². The maximum Gasteiger partial charge on any atom is 0.234 e. The molecule has 0 spiro atoms. The number of nitrogens with zero attached hydrogens (tertiary/aromatic N) is 2. The highest BCUT2D eigenvalue weighted by atomic mass is 35.5. The first kappa shape index (κ1) is 20.0. The topological polar surface area (TPSA) is 37.3 Å². The Morgan fingerprint density at radius 3 is 2.62 bits per heavy atom. The summed E-state index contributed by atoms with van der Waals surface area (Å²) in [5.41, 5.74) is 3.42. The van der Waals surface area contributed by atoms with Gasteiger partial charge in [-0.15, -0.1) is 0 Å². The van der Waals surface area contributed by atoms with Gasteiger partial charge in [0.25, 0.3) is 0 Å². The van der Waals surface area contributed by atoms with Crippen LogP contribution in [0.1, 0.15) is 22.9 Å². The molecule has 0 radical (unpaired) electrons. The quantitative estimate of drug-likeness (QED) is 0.625. The fourth-order valence-corrected chi connectivity index (χ4v) is 4.20. The summed E-state index contributed by atoms with van der Waals surface area (Å²) in [6, 6.07) is 20.0. The van der Waals surface area contributed by atoms with E-state index in [-0.39, 0.29) is 11.9 Å². The molecule has 1 N–H and O–H groups in total. The van der Waals surface area contributed by atoms with Crippen LogP contribution in [0.2, 0.25) is 10.0 Å². The lowest BCUT2D eigenvalue weighted by Crippen LogP contribution is -2.44. The van der Waals surface area contributed by atoms with Gasteiger partial charge in [-0.25, -0.2) is 0 Å². The molecule has 1 amide bonds. The molecule has 0 bridgehead atoms. The normalized spacial score (nSPS) is 16.4. The van der Waals surface area contributed by atoms with Crippen molar-refractivity contribution in [2.45, 2.75) is 19.0 Å². The molecule has 1 aromatic heterocycles. The second kappa shape index (κ2) is 9.04. The van der Waals surface area contributed by atoms with Crippen LogP contribution in [0.15, 0.2) is 66.9 Å². The van der Waals surface area contributed by atoms with Crippen molar-refractivity contribution in [2.24, 2.45) is 0 Å². The number of amides is 1. The minimum atomic E-state index is -0.0339. The third-order valence-electron chi connectivity index (χ3n) is 5.32. The minimum Gasteiger partial charge on any atom is -0.355 e. The standard InChI is InChI=1S/C23H23Cl2N3O/c24-19-9-8-18(15-20(19)25)23-21-7-4-12-27(21)13-14-28(23)16-22(29)26-11-10-17-5-2-1-3-6-17/h1-9,12,15,23H,10-11,13-14,16H2,(H,26,29). The lowest BCUT2D eigenvalue weighted by Gasteiger charge is -2.37. The molecule has 3 aromatic rings. The highest BCUT2D eigenvalue weighted by Crippen LogP contribution is 2.35. The van der Waals surface area contributed by atoms with Crippen LogP contribution in [-0.2, 0) is 17.8 Å². The SMILES string of the molecule is O=C(CN1CCn2cccc2C1c1ccc(Cl)c(Cl)c1)NCCc1ccccc1. The lowest BCUT2D eigenvalue weighted by molar-refractivity contribution is -0.122. The van der Waals surface area contributed by atoms with E-state index in [1.54, 1.807) is 0 Å². The molecule has 29 heavy (non-hydrogen) atoms. The van der Waals surface area contributed by atoms with Crippen molar-refractivity contribution in [1.29, 1.82) is 0 Å². The van der Waals surface area contributed by atoms with Gasteiger partial charge in [0.15, 0.2) is 0 Å². The Bertz CT molecular complexity index is 987. The average Bonchev–Trinajstić information content (AvgIpc) is 3.20. The summed E-state index contributed by atoms with van der Waals surface area (Å²) < 4.78 is 2.23. The lowest BCUT2D eigenvalue weighted by atomic mass is 10.00. The zero-order valence-electron chi connectivity index (χ0n) is 16.0. The van der Waals surface area contributed by atoms with Crippen LogP contribution in [-0.4, -0.2) is 35.0 Å². The van der Waals surface area contributed by atoms with Gasteiger partial charge in [0.1, 0.15) is 0 Å². The van der Waals surface area contributed by atoms with E-state index in [4.69, 9.17) is 23.2 Å². The van der Waals surface area contributed by atoms with Crippen LogP contribution >= 0.6 is 23.2 Å². The Balaban J connectivity index is 1.46. The molecule has 0 saturated heterocycles.